The topological polar surface area (TPSA) is 20.2 Å². The summed E-state index contributed by atoms with van der Waals surface area (Å²) in [5.41, 5.74) is 1.36. The Kier molecular flexibility index (Phi) is 5.20. The van der Waals surface area contributed by atoms with E-state index in [-0.39, 0.29) is 6.10 Å². The van der Waals surface area contributed by atoms with Crippen LogP contribution >= 0.6 is 11.3 Å². The molecule has 80 valence electrons. The number of hydrogen-bond acceptors (Lipinski definition) is 2. The van der Waals surface area contributed by atoms with Gasteiger partial charge in [-0.15, -0.1) is 0 Å². The Bertz CT molecular complexity index is 230. The first-order chi connectivity index (χ1) is 6.72. The van der Waals surface area contributed by atoms with Crippen LogP contribution in [0.4, 0.5) is 0 Å². The molecular weight excluding hydrogens is 192 g/mol. The fourth-order valence-corrected chi connectivity index (χ4v) is 2.22. The number of rotatable bonds is 6. The summed E-state index contributed by atoms with van der Waals surface area (Å²) in [7, 11) is 0. The Balaban J connectivity index is 2.18. The average Bonchev–Trinajstić information content (AvgIpc) is 2.67. The molecule has 2 atom stereocenters. The zero-order valence-electron chi connectivity index (χ0n) is 9.07. The van der Waals surface area contributed by atoms with Gasteiger partial charge < -0.3 is 5.11 Å². The summed E-state index contributed by atoms with van der Waals surface area (Å²) >= 11 is 1.73. The Morgan fingerprint density at radius 3 is 2.86 bits per heavy atom. The van der Waals surface area contributed by atoms with E-state index in [1.165, 1.54) is 5.56 Å². The normalized spacial score (nSPS) is 15.4. The van der Waals surface area contributed by atoms with Crippen molar-refractivity contribution in [3.05, 3.63) is 22.4 Å². The van der Waals surface area contributed by atoms with Crippen molar-refractivity contribution < 1.29 is 5.11 Å². The van der Waals surface area contributed by atoms with Gasteiger partial charge in [0, 0.05) is 0 Å². The largest absolute Gasteiger partial charge is 0.393 e. The highest BCUT2D eigenvalue weighted by Gasteiger charge is 2.08. The third-order valence-electron chi connectivity index (χ3n) is 2.72. The molecule has 2 heteroatoms. The third-order valence-corrected chi connectivity index (χ3v) is 3.45. The molecule has 0 aromatic carbocycles. The lowest BCUT2D eigenvalue weighted by atomic mass is 9.97. The summed E-state index contributed by atoms with van der Waals surface area (Å²) in [6.45, 7) is 4.38. The molecule has 0 spiro atoms. The van der Waals surface area contributed by atoms with Crippen LogP contribution in [0.1, 0.15) is 38.7 Å². The van der Waals surface area contributed by atoms with E-state index in [4.69, 9.17) is 0 Å². The number of thiophene rings is 1. The lowest BCUT2D eigenvalue weighted by molar-refractivity contribution is 0.135. The van der Waals surface area contributed by atoms with E-state index in [1.807, 2.05) is 0 Å². The SMILES string of the molecule is CCC(C)CC(O)CCc1ccsc1. The summed E-state index contributed by atoms with van der Waals surface area (Å²) in [4.78, 5) is 0. The molecule has 1 aromatic heterocycles. The van der Waals surface area contributed by atoms with Crippen molar-refractivity contribution in [2.45, 2.75) is 45.6 Å². The van der Waals surface area contributed by atoms with Crippen molar-refractivity contribution >= 4 is 11.3 Å². The van der Waals surface area contributed by atoms with Gasteiger partial charge in [0.15, 0.2) is 0 Å². The van der Waals surface area contributed by atoms with Crippen molar-refractivity contribution in [3.63, 3.8) is 0 Å². The zero-order valence-corrected chi connectivity index (χ0v) is 9.89. The summed E-state index contributed by atoms with van der Waals surface area (Å²) in [5.74, 6) is 0.646. The van der Waals surface area contributed by atoms with E-state index in [0.717, 1.165) is 25.7 Å². The van der Waals surface area contributed by atoms with E-state index < -0.39 is 0 Å². The molecule has 1 nitrogen and oxygen atoms in total. The molecule has 1 rings (SSSR count). The van der Waals surface area contributed by atoms with Crippen molar-refractivity contribution in [2.75, 3.05) is 0 Å². The van der Waals surface area contributed by atoms with Gasteiger partial charge in [-0.05, 0) is 47.6 Å². The summed E-state index contributed by atoms with van der Waals surface area (Å²) in [6.07, 6.45) is 3.91. The van der Waals surface area contributed by atoms with Gasteiger partial charge in [0.1, 0.15) is 0 Å². The lowest BCUT2D eigenvalue weighted by Gasteiger charge is -2.14. The van der Waals surface area contributed by atoms with Gasteiger partial charge in [0.05, 0.1) is 6.10 Å². The van der Waals surface area contributed by atoms with Crippen LogP contribution in [0.2, 0.25) is 0 Å². The highest BCUT2D eigenvalue weighted by atomic mass is 32.1. The standard InChI is InChI=1S/C12H20OS/c1-3-10(2)8-12(13)5-4-11-6-7-14-9-11/h6-7,9-10,12-13H,3-5,8H2,1-2H3. The maximum atomic E-state index is 9.75. The zero-order chi connectivity index (χ0) is 10.4. The highest BCUT2D eigenvalue weighted by molar-refractivity contribution is 7.07. The number of hydrogen-bond donors (Lipinski definition) is 1. The second-order valence-corrected chi connectivity index (χ2v) is 4.85. The Morgan fingerprint density at radius 2 is 2.29 bits per heavy atom. The Labute approximate surface area is 90.8 Å². The smallest absolute Gasteiger partial charge is 0.0546 e. The second-order valence-electron chi connectivity index (χ2n) is 4.07. The van der Waals surface area contributed by atoms with Crippen molar-refractivity contribution in [2.24, 2.45) is 5.92 Å². The minimum atomic E-state index is -0.121. The van der Waals surface area contributed by atoms with E-state index in [2.05, 4.69) is 30.7 Å². The summed E-state index contributed by atoms with van der Waals surface area (Å²) in [6, 6.07) is 2.14. The maximum Gasteiger partial charge on any atom is 0.0546 e. The molecule has 0 saturated heterocycles. The summed E-state index contributed by atoms with van der Waals surface area (Å²) in [5, 5.41) is 14.0. The van der Waals surface area contributed by atoms with Crippen LogP contribution in [0.15, 0.2) is 16.8 Å². The lowest BCUT2D eigenvalue weighted by Crippen LogP contribution is -2.12. The predicted molar refractivity (Wildman–Crippen MR) is 62.7 cm³/mol. The van der Waals surface area contributed by atoms with E-state index >= 15 is 0 Å². The Hall–Kier alpha value is -0.340. The van der Waals surface area contributed by atoms with Crippen molar-refractivity contribution in [1.29, 1.82) is 0 Å². The van der Waals surface area contributed by atoms with Crippen LogP contribution in [0.5, 0.6) is 0 Å². The molecule has 0 bridgehead atoms. The first kappa shape index (κ1) is 11.7. The van der Waals surface area contributed by atoms with Crippen LogP contribution in [-0.2, 0) is 6.42 Å². The molecule has 1 aromatic rings. The fourth-order valence-electron chi connectivity index (χ4n) is 1.52. The highest BCUT2D eigenvalue weighted by Crippen LogP contribution is 2.15. The van der Waals surface area contributed by atoms with E-state index in [0.29, 0.717) is 5.92 Å². The molecule has 0 saturated carbocycles. The van der Waals surface area contributed by atoms with Gasteiger partial charge in [-0.3, -0.25) is 0 Å². The molecule has 14 heavy (non-hydrogen) atoms. The number of aryl methyl sites for hydroxylation is 1. The van der Waals surface area contributed by atoms with Crippen LogP contribution < -0.4 is 0 Å². The molecular formula is C12H20OS. The molecule has 1 N–H and O–H groups in total. The molecule has 0 radical (unpaired) electrons. The molecule has 2 unspecified atom stereocenters. The van der Waals surface area contributed by atoms with Crippen LogP contribution in [0.25, 0.3) is 0 Å². The molecule has 1 heterocycles. The quantitative estimate of drug-likeness (QED) is 0.765. The first-order valence-electron chi connectivity index (χ1n) is 5.41. The number of aliphatic hydroxyl groups is 1. The maximum absolute atomic E-state index is 9.75. The first-order valence-corrected chi connectivity index (χ1v) is 6.35. The van der Waals surface area contributed by atoms with Gasteiger partial charge in [-0.2, -0.15) is 11.3 Å². The van der Waals surface area contributed by atoms with Gasteiger partial charge in [0.25, 0.3) is 0 Å². The monoisotopic (exact) mass is 212 g/mol. The second kappa shape index (κ2) is 6.20. The number of aliphatic hydroxyl groups excluding tert-OH is 1. The van der Waals surface area contributed by atoms with Gasteiger partial charge in [-0.25, -0.2) is 0 Å². The fraction of sp³-hybridized carbons (Fsp3) is 0.667. The summed E-state index contributed by atoms with van der Waals surface area (Å²) < 4.78 is 0. The van der Waals surface area contributed by atoms with Gasteiger partial charge in [-0.1, -0.05) is 20.3 Å². The minimum absolute atomic E-state index is 0.121. The molecule has 0 aliphatic rings. The van der Waals surface area contributed by atoms with E-state index in [1.54, 1.807) is 11.3 Å². The minimum Gasteiger partial charge on any atom is -0.393 e. The van der Waals surface area contributed by atoms with Crippen LogP contribution in [-0.4, -0.2) is 11.2 Å². The van der Waals surface area contributed by atoms with Gasteiger partial charge >= 0.3 is 0 Å². The predicted octanol–water partition coefficient (Wildman–Crippen LogP) is 3.48. The molecule has 0 amide bonds. The average molecular weight is 212 g/mol. The Morgan fingerprint density at radius 1 is 1.50 bits per heavy atom. The third kappa shape index (κ3) is 4.25. The molecule has 0 fully saturated rings. The van der Waals surface area contributed by atoms with Gasteiger partial charge in [0.2, 0.25) is 0 Å². The van der Waals surface area contributed by atoms with Crippen LogP contribution in [0.3, 0.4) is 0 Å². The molecule has 0 aliphatic carbocycles. The van der Waals surface area contributed by atoms with Crippen molar-refractivity contribution in [1.82, 2.24) is 0 Å². The van der Waals surface area contributed by atoms with E-state index in [9.17, 15) is 5.11 Å². The van der Waals surface area contributed by atoms with Crippen molar-refractivity contribution in [3.8, 4) is 0 Å². The molecule has 0 aliphatic heterocycles. The van der Waals surface area contributed by atoms with Crippen LogP contribution in [0, 0.1) is 5.92 Å².